The van der Waals surface area contributed by atoms with E-state index in [1.165, 1.54) is 0 Å². The van der Waals surface area contributed by atoms with Gasteiger partial charge < -0.3 is 5.11 Å². The molecule has 1 aromatic carbocycles. The molecule has 11 heavy (non-hydrogen) atoms. The Labute approximate surface area is 66.1 Å². The molecule has 0 saturated carbocycles. The van der Waals surface area contributed by atoms with E-state index in [0.717, 1.165) is 5.56 Å². The number of hydrogen-bond acceptors (Lipinski definition) is 1. The second-order valence-electron chi connectivity index (χ2n) is 2.42. The van der Waals surface area contributed by atoms with Crippen LogP contribution in [0.1, 0.15) is 17.2 Å². The number of rotatable bonds is 2. The fourth-order valence-corrected chi connectivity index (χ4v) is 0.836. The van der Waals surface area contributed by atoms with Gasteiger partial charge in [-0.1, -0.05) is 24.3 Å². The van der Waals surface area contributed by atoms with Crippen LogP contribution in [0.5, 0.6) is 0 Å². The SMILES string of the molecule is [CH2]c1ccc(C(O)C[O])cc1. The molecule has 0 bridgehead atoms. The third-order valence-corrected chi connectivity index (χ3v) is 1.52. The predicted octanol–water partition coefficient (Wildman–Crippen LogP) is 1.33. The summed E-state index contributed by atoms with van der Waals surface area (Å²) in [7, 11) is 0. The minimum Gasteiger partial charge on any atom is -0.386 e. The van der Waals surface area contributed by atoms with Crippen LogP contribution in [0.3, 0.4) is 0 Å². The summed E-state index contributed by atoms with van der Waals surface area (Å²) < 4.78 is 0. The number of benzene rings is 1. The first-order valence-electron chi connectivity index (χ1n) is 3.42. The molecule has 58 valence electrons. The summed E-state index contributed by atoms with van der Waals surface area (Å²) in [6, 6.07) is 6.97. The maximum atomic E-state index is 10.2. The topological polar surface area (TPSA) is 40.1 Å². The second kappa shape index (κ2) is 3.51. The van der Waals surface area contributed by atoms with Gasteiger partial charge in [-0.2, -0.15) is 0 Å². The summed E-state index contributed by atoms with van der Waals surface area (Å²) in [5.74, 6) is 0. The molecule has 2 heteroatoms. The minimum atomic E-state index is -0.879. The van der Waals surface area contributed by atoms with Gasteiger partial charge in [0.1, 0.15) is 12.7 Å². The normalized spacial score (nSPS) is 13.0. The van der Waals surface area contributed by atoms with E-state index in [-0.39, 0.29) is 0 Å². The van der Waals surface area contributed by atoms with E-state index in [9.17, 15) is 5.11 Å². The Balaban J connectivity index is 2.81. The molecular formula is C9H10O2. The summed E-state index contributed by atoms with van der Waals surface area (Å²) in [6.45, 7) is 3.20. The van der Waals surface area contributed by atoms with Crippen LogP contribution in [0.15, 0.2) is 24.3 Å². The standard InChI is InChI=1S/C9H10O2/c1-7-2-4-8(5-3-7)9(11)6-10/h2-5,9,11H,1,6H2. The van der Waals surface area contributed by atoms with E-state index in [2.05, 4.69) is 6.92 Å². The minimum absolute atomic E-state index is 0.490. The van der Waals surface area contributed by atoms with Crippen LogP contribution in [0.2, 0.25) is 0 Å². The van der Waals surface area contributed by atoms with Gasteiger partial charge in [-0.25, -0.2) is 5.11 Å². The van der Waals surface area contributed by atoms with Crippen molar-refractivity contribution in [3.63, 3.8) is 0 Å². The second-order valence-corrected chi connectivity index (χ2v) is 2.42. The van der Waals surface area contributed by atoms with Gasteiger partial charge in [-0.05, 0) is 18.1 Å². The Hall–Kier alpha value is -0.860. The highest BCUT2D eigenvalue weighted by Crippen LogP contribution is 2.12. The zero-order chi connectivity index (χ0) is 8.27. The van der Waals surface area contributed by atoms with Crippen molar-refractivity contribution < 1.29 is 10.2 Å². The molecule has 0 aliphatic carbocycles. The maximum Gasteiger partial charge on any atom is 0.112 e. The third kappa shape index (κ3) is 2.03. The molecular weight excluding hydrogens is 140 g/mol. The molecule has 0 aromatic heterocycles. The predicted molar refractivity (Wildman–Crippen MR) is 41.4 cm³/mol. The zero-order valence-electron chi connectivity index (χ0n) is 6.16. The highest BCUT2D eigenvalue weighted by Gasteiger charge is 2.04. The van der Waals surface area contributed by atoms with E-state index in [1.807, 2.05) is 0 Å². The maximum absolute atomic E-state index is 10.2. The Morgan fingerprint density at radius 3 is 2.36 bits per heavy atom. The van der Waals surface area contributed by atoms with Crippen molar-refractivity contribution in [2.45, 2.75) is 6.10 Å². The van der Waals surface area contributed by atoms with Crippen molar-refractivity contribution in [3.05, 3.63) is 42.3 Å². The summed E-state index contributed by atoms with van der Waals surface area (Å²) in [5.41, 5.74) is 1.54. The van der Waals surface area contributed by atoms with E-state index in [4.69, 9.17) is 5.11 Å². The highest BCUT2D eigenvalue weighted by atomic mass is 16.3. The van der Waals surface area contributed by atoms with Crippen molar-refractivity contribution in [1.29, 1.82) is 0 Å². The molecule has 1 aromatic rings. The van der Waals surface area contributed by atoms with Crippen LogP contribution in [-0.4, -0.2) is 11.7 Å². The molecule has 1 atom stereocenters. The van der Waals surface area contributed by atoms with E-state index >= 15 is 0 Å². The molecule has 2 radical (unpaired) electrons. The summed E-state index contributed by atoms with van der Waals surface area (Å²) in [6.07, 6.45) is -0.879. The van der Waals surface area contributed by atoms with Crippen molar-refractivity contribution in [1.82, 2.24) is 0 Å². The van der Waals surface area contributed by atoms with E-state index < -0.39 is 12.7 Å². The van der Waals surface area contributed by atoms with Crippen molar-refractivity contribution >= 4 is 0 Å². The number of aliphatic hydroxyl groups excluding tert-OH is 1. The van der Waals surface area contributed by atoms with E-state index in [1.54, 1.807) is 24.3 Å². The quantitative estimate of drug-likeness (QED) is 0.678. The molecule has 1 unspecified atom stereocenters. The molecule has 0 fully saturated rings. The molecule has 0 amide bonds. The lowest BCUT2D eigenvalue weighted by molar-refractivity contribution is 0.0550. The molecule has 0 aliphatic heterocycles. The van der Waals surface area contributed by atoms with Gasteiger partial charge in [0, 0.05) is 0 Å². The third-order valence-electron chi connectivity index (χ3n) is 1.52. The van der Waals surface area contributed by atoms with Gasteiger partial charge in [0.15, 0.2) is 0 Å². The van der Waals surface area contributed by atoms with Gasteiger partial charge in [0.2, 0.25) is 0 Å². The van der Waals surface area contributed by atoms with Gasteiger partial charge >= 0.3 is 0 Å². The molecule has 2 nitrogen and oxygen atoms in total. The molecule has 0 saturated heterocycles. The summed E-state index contributed by atoms with van der Waals surface area (Å²) in [4.78, 5) is 0. The first-order valence-corrected chi connectivity index (χ1v) is 3.42. The van der Waals surface area contributed by atoms with Crippen LogP contribution in [-0.2, 0) is 5.11 Å². The molecule has 0 heterocycles. The van der Waals surface area contributed by atoms with Crippen LogP contribution >= 0.6 is 0 Å². The van der Waals surface area contributed by atoms with Crippen LogP contribution in [0.25, 0.3) is 0 Å². The number of aliphatic hydroxyl groups is 1. The van der Waals surface area contributed by atoms with Gasteiger partial charge in [-0.3, -0.25) is 0 Å². The first kappa shape index (κ1) is 8.24. The Morgan fingerprint density at radius 2 is 1.91 bits per heavy atom. The first-order chi connectivity index (χ1) is 5.24. The lowest BCUT2D eigenvalue weighted by atomic mass is 10.1. The van der Waals surface area contributed by atoms with E-state index in [0.29, 0.717) is 5.56 Å². The fraction of sp³-hybridized carbons (Fsp3) is 0.222. The van der Waals surface area contributed by atoms with Crippen molar-refractivity contribution in [3.8, 4) is 0 Å². The summed E-state index contributed by atoms with van der Waals surface area (Å²) in [5, 5.41) is 19.3. The van der Waals surface area contributed by atoms with Crippen molar-refractivity contribution in [2.75, 3.05) is 6.61 Å². The molecule has 0 spiro atoms. The average Bonchev–Trinajstić information content (AvgIpc) is 2.05. The zero-order valence-corrected chi connectivity index (χ0v) is 6.16. The van der Waals surface area contributed by atoms with Crippen LogP contribution in [0.4, 0.5) is 0 Å². The molecule has 1 N–H and O–H groups in total. The number of hydrogen-bond donors (Lipinski definition) is 1. The largest absolute Gasteiger partial charge is 0.386 e. The van der Waals surface area contributed by atoms with Crippen molar-refractivity contribution in [2.24, 2.45) is 0 Å². The van der Waals surface area contributed by atoms with Crippen LogP contribution < -0.4 is 0 Å². The van der Waals surface area contributed by atoms with Gasteiger partial charge in [0.05, 0.1) is 0 Å². The van der Waals surface area contributed by atoms with Crippen LogP contribution in [0, 0.1) is 6.92 Å². The lowest BCUT2D eigenvalue weighted by Gasteiger charge is -2.05. The van der Waals surface area contributed by atoms with Gasteiger partial charge in [0.25, 0.3) is 0 Å². The monoisotopic (exact) mass is 150 g/mol. The molecule has 0 aliphatic rings. The average molecular weight is 150 g/mol. The Bertz CT molecular complexity index is 216. The highest BCUT2D eigenvalue weighted by molar-refractivity contribution is 5.25. The Morgan fingerprint density at radius 1 is 1.36 bits per heavy atom. The lowest BCUT2D eigenvalue weighted by Crippen LogP contribution is -2.00. The summed E-state index contributed by atoms with van der Waals surface area (Å²) >= 11 is 0. The fourth-order valence-electron chi connectivity index (χ4n) is 0.836. The van der Waals surface area contributed by atoms with Gasteiger partial charge in [-0.15, -0.1) is 0 Å². The smallest absolute Gasteiger partial charge is 0.112 e. The Kier molecular flexibility index (Phi) is 2.63. The molecule has 1 rings (SSSR count).